The van der Waals surface area contributed by atoms with Crippen molar-refractivity contribution in [3.05, 3.63) is 36.2 Å². The Morgan fingerprint density at radius 3 is 2.67 bits per heavy atom. The third kappa shape index (κ3) is 4.73. The maximum absolute atomic E-state index is 9.56. The van der Waals surface area contributed by atoms with E-state index in [1.165, 1.54) is 12.8 Å². The van der Waals surface area contributed by atoms with Gasteiger partial charge in [0.25, 0.3) is 0 Å². The molecule has 170 valence electrons. The van der Waals surface area contributed by atoms with Crippen LogP contribution in [0.15, 0.2) is 30.5 Å². The third-order valence-corrected chi connectivity index (χ3v) is 6.43. The van der Waals surface area contributed by atoms with E-state index in [0.29, 0.717) is 41.8 Å². The molecule has 33 heavy (non-hydrogen) atoms. The summed E-state index contributed by atoms with van der Waals surface area (Å²) in [4.78, 5) is 15.9. The van der Waals surface area contributed by atoms with Crippen LogP contribution in [0.2, 0.25) is 0 Å². The highest BCUT2D eigenvalue weighted by Gasteiger charge is 2.40. The number of nitrogens with zero attached hydrogens (tertiary/aromatic N) is 6. The third-order valence-electron chi connectivity index (χ3n) is 6.43. The van der Waals surface area contributed by atoms with Crippen molar-refractivity contribution in [3.8, 4) is 23.2 Å². The lowest BCUT2D eigenvalue weighted by Gasteiger charge is -2.38. The molecule has 0 aromatic carbocycles. The Hall–Kier alpha value is -3.71. The number of pyridine rings is 1. The fraction of sp³-hybridized carbons (Fsp3) is 0.435. The summed E-state index contributed by atoms with van der Waals surface area (Å²) in [5.41, 5.74) is 2.43. The standard InChI is InChI=1S/C23H27N9O/c1-14-9-21(31-30-14)28-20-12-19(15-3-6-22(33)25-13-15)27-23(29-20)26-16-10-17-4-5-18(11-16)32(17)8-2-7-24/h3,6,9,12-13,16-18H,2,4-5,8,10-11H2,1H3,(H,25,33)(H3,26,27,28,29,30,31)/t16?,17-,18+. The number of aryl methyl sites for hydroxylation is 1. The SMILES string of the molecule is Cc1cc(Nc2cc(-c3ccc(O)nc3)nc(NC3C[C@H]4CC[C@@H](C3)N4CCC#N)n2)n[nH]1. The van der Waals surface area contributed by atoms with E-state index in [1.807, 2.05) is 19.1 Å². The van der Waals surface area contributed by atoms with E-state index in [4.69, 9.17) is 15.2 Å². The van der Waals surface area contributed by atoms with Crippen LogP contribution in [0, 0.1) is 18.3 Å². The summed E-state index contributed by atoms with van der Waals surface area (Å²) in [5, 5.41) is 32.5. The van der Waals surface area contributed by atoms with Gasteiger partial charge < -0.3 is 15.7 Å². The first-order chi connectivity index (χ1) is 16.1. The molecule has 2 aliphatic heterocycles. The molecular formula is C23H27N9O. The van der Waals surface area contributed by atoms with Crippen molar-refractivity contribution < 1.29 is 5.11 Å². The lowest BCUT2D eigenvalue weighted by atomic mass is 9.97. The molecule has 1 unspecified atom stereocenters. The predicted molar refractivity (Wildman–Crippen MR) is 124 cm³/mol. The lowest BCUT2D eigenvalue weighted by molar-refractivity contribution is 0.135. The van der Waals surface area contributed by atoms with E-state index >= 15 is 0 Å². The van der Waals surface area contributed by atoms with Crippen molar-refractivity contribution in [1.82, 2.24) is 30.0 Å². The number of rotatable bonds is 7. The van der Waals surface area contributed by atoms with E-state index in [1.54, 1.807) is 18.3 Å². The normalized spacial score (nSPS) is 22.1. The van der Waals surface area contributed by atoms with Gasteiger partial charge in [-0.3, -0.25) is 10.00 Å². The Morgan fingerprint density at radius 2 is 2.00 bits per heavy atom. The summed E-state index contributed by atoms with van der Waals surface area (Å²) in [6, 6.07) is 10.6. The minimum atomic E-state index is -0.0323. The van der Waals surface area contributed by atoms with Crippen LogP contribution < -0.4 is 10.6 Å². The zero-order valence-electron chi connectivity index (χ0n) is 18.5. The van der Waals surface area contributed by atoms with Crippen molar-refractivity contribution in [2.45, 2.75) is 57.2 Å². The van der Waals surface area contributed by atoms with Crippen LogP contribution in [0.3, 0.4) is 0 Å². The Morgan fingerprint density at radius 1 is 1.18 bits per heavy atom. The quantitative estimate of drug-likeness (QED) is 0.431. The maximum atomic E-state index is 9.56. The number of nitriles is 1. The summed E-state index contributed by atoms with van der Waals surface area (Å²) in [7, 11) is 0. The average molecular weight is 446 g/mol. The molecule has 5 heterocycles. The smallest absolute Gasteiger partial charge is 0.225 e. The molecule has 2 saturated heterocycles. The second kappa shape index (κ2) is 9.03. The molecule has 0 spiro atoms. The van der Waals surface area contributed by atoms with Crippen molar-refractivity contribution in [1.29, 1.82) is 5.26 Å². The highest BCUT2D eigenvalue weighted by molar-refractivity contribution is 5.66. The molecule has 0 saturated carbocycles. The molecule has 3 atom stereocenters. The van der Waals surface area contributed by atoms with Gasteiger partial charge in [-0.1, -0.05) is 0 Å². The van der Waals surface area contributed by atoms with Gasteiger partial charge in [0.2, 0.25) is 11.8 Å². The van der Waals surface area contributed by atoms with Crippen LogP contribution in [0.4, 0.5) is 17.6 Å². The Balaban J connectivity index is 1.38. The van der Waals surface area contributed by atoms with Crippen LogP contribution >= 0.6 is 0 Å². The molecule has 3 aromatic heterocycles. The summed E-state index contributed by atoms with van der Waals surface area (Å²) >= 11 is 0. The van der Waals surface area contributed by atoms with E-state index in [0.717, 1.165) is 30.6 Å². The van der Waals surface area contributed by atoms with Gasteiger partial charge in [0.1, 0.15) is 5.82 Å². The van der Waals surface area contributed by atoms with Gasteiger partial charge in [0.05, 0.1) is 11.8 Å². The highest BCUT2D eigenvalue weighted by atomic mass is 16.3. The van der Waals surface area contributed by atoms with E-state index in [9.17, 15) is 5.11 Å². The zero-order chi connectivity index (χ0) is 22.8. The monoisotopic (exact) mass is 445 g/mol. The number of aromatic amines is 1. The molecular weight excluding hydrogens is 418 g/mol. The number of hydrogen-bond donors (Lipinski definition) is 4. The number of fused-ring (bicyclic) bond motifs is 2. The molecule has 0 aliphatic carbocycles. The predicted octanol–water partition coefficient (Wildman–Crippen LogP) is 3.34. The Labute approximate surface area is 192 Å². The molecule has 2 aliphatic rings. The summed E-state index contributed by atoms with van der Waals surface area (Å²) in [6.45, 7) is 2.80. The average Bonchev–Trinajstić information content (AvgIpc) is 3.31. The van der Waals surface area contributed by atoms with Crippen LogP contribution in [-0.4, -0.2) is 59.8 Å². The van der Waals surface area contributed by atoms with Gasteiger partial charge in [-0.15, -0.1) is 0 Å². The van der Waals surface area contributed by atoms with E-state index in [2.05, 4.69) is 36.8 Å². The molecule has 5 rings (SSSR count). The van der Waals surface area contributed by atoms with E-state index < -0.39 is 0 Å². The largest absolute Gasteiger partial charge is 0.493 e. The number of anilines is 3. The maximum Gasteiger partial charge on any atom is 0.225 e. The zero-order valence-corrected chi connectivity index (χ0v) is 18.5. The van der Waals surface area contributed by atoms with Crippen LogP contribution in [0.5, 0.6) is 5.88 Å². The van der Waals surface area contributed by atoms with E-state index in [-0.39, 0.29) is 11.9 Å². The molecule has 3 aromatic rings. The first-order valence-electron chi connectivity index (χ1n) is 11.3. The highest BCUT2D eigenvalue weighted by Crippen LogP contribution is 2.37. The Kier molecular flexibility index (Phi) is 5.79. The minimum Gasteiger partial charge on any atom is -0.493 e. The molecule has 0 radical (unpaired) electrons. The molecule has 10 nitrogen and oxygen atoms in total. The van der Waals surface area contributed by atoms with Gasteiger partial charge in [0, 0.05) is 66.7 Å². The van der Waals surface area contributed by atoms with Gasteiger partial charge in [-0.2, -0.15) is 15.3 Å². The number of H-pyrrole nitrogens is 1. The Bertz CT molecular complexity index is 1140. The van der Waals surface area contributed by atoms with Gasteiger partial charge in [-0.05, 0) is 38.7 Å². The van der Waals surface area contributed by atoms with Crippen molar-refractivity contribution in [2.24, 2.45) is 0 Å². The summed E-state index contributed by atoms with van der Waals surface area (Å²) in [5.74, 6) is 1.81. The van der Waals surface area contributed by atoms with Crippen molar-refractivity contribution in [3.63, 3.8) is 0 Å². The summed E-state index contributed by atoms with van der Waals surface area (Å²) in [6.07, 6.45) is 6.56. The van der Waals surface area contributed by atoms with Crippen LogP contribution in [0.1, 0.15) is 37.8 Å². The number of aromatic hydroxyl groups is 1. The van der Waals surface area contributed by atoms with Gasteiger partial charge >= 0.3 is 0 Å². The number of piperidine rings is 1. The number of nitrogens with one attached hydrogen (secondary N) is 3. The topological polar surface area (TPSA) is 139 Å². The number of aromatic nitrogens is 5. The molecule has 2 fully saturated rings. The summed E-state index contributed by atoms with van der Waals surface area (Å²) < 4.78 is 0. The van der Waals surface area contributed by atoms with Crippen molar-refractivity contribution in [2.75, 3.05) is 17.2 Å². The fourth-order valence-electron chi connectivity index (χ4n) is 4.99. The van der Waals surface area contributed by atoms with Gasteiger partial charge in [-0.25, -0.2) is 9.97 Å². The molecule has 4 N–H and O–H groups in total. The first-order valence-corrected chi connectivity index (χ1v) is 11.3. The second-order valence-electron chi connectivity index (χ2n) is 8.77. The van der Waals surface area contributed by atoms with Crippen LogP contribution in [0.25, 0.3) is 11.3 Å². The molecule has 2 bridgehead atoms. The lowest BCUT2D eigenvalue weighted by Crippen LogP contribution is -2.47. The van der Waals surface area contributed by atoms with Crippen LogP contribution in [-0.2, 0) is 0 Å². The first kappa shape index (κ1) is 21.2. The molecule has 0 amide bonds. The number of hydrogen-bond acceptors (Lipinski definition) is 9. The minimum absolute atomic E-state index is 0.0323. The fourth-order valence-corrected chi connectivity index (χ4v) is 4.99. The van der Waals surface area contributed by atoms with Gasteiger partial charge in [0.15, 0.2) is 5.82 Å². The second-order valence-corrected chi connectivity index (χ2v) is 8.77. The van der Waals surface area contributed by atoms with Crippen molar-refractivity contribution >= 4 is 17.6 Å². The molecule has 10 heteroatoms.